The lowest BCUT2D eigenvalue weighted by molar-refractivity contribution is -0.280. The van der Waals surface area contributed by atoms with Crippen LogP contribution in [-0.2, 0) is 20.2 Å². The second kappa shape index (κ2) is 16.9. The molecule has 0 aliphatic carbocycles. The maximum Gasteiger partial charge on any atom is 0.529 e. The van der Waals surface area contributed by atoms with Gasteiger partial charge in [0.15, 0.2) is 6.29 Å². The van der Waals surface area contributed by atoms with Crippen molar-refractivity contribution in [2.24, 2.45) is 17.8 Å². The van der Waals surface area contributed by atoms with Crippen LogP contribution in [0.1, 0.15) is 121 Å². The minimum absolute atomic E-state index is 0.182. The molecule has 0 spiro atoms. The molecule has 9 atom stereocenters. The Labute approximate surface area is 276 Å². The number of ether oxygens (including phenoxy) is 2. The highest BCUT2D eigenvalue weighted by Gasteiger charge is 2.47. The minimum Gasteiger partial charge on any atom is -0.487 e. The number of benzene rings is 1. The summed E-state index contributed by atoms with van der Waals surface area (Å²) in [6.45, 7) is 16.3. The van der Waals surface area contributed by atoms with Crippen molar-refractivity contribution >= 4 is 7.82 Å². The number of aliphatic hydroxyl groups is 4. The van der Waals surface area contributed by atoms with Gasteiger partial charge in [-0.15, -0.1) is 0 Å². The van der Waals surface area contributed by atoms with Crippen molar-refractivity contribution in [1.29, 1.82) is 0 Å². The molecule has 2 aliphatic rings. The van der Waals surface area contributed by atoms with Crippen molar-refractivity contribution in [2.45, 2.75) is 162 Å². The lowest BCUT2D eigenvalue weighted by Gasteiger charge is -2.40. The summed E-state index contributed by atoms with van der Waals surface area (Å²) in [5.74, 6) is 3.26. The molecule has 0 aromatic heterocycles. The zero-order valence-corrected chi connectivity index (χ0v) is 30.2. The lowest BCUT2D eigenvalue weighted by atomic mass is 9.84. The Bertz CT molecular complexity index is 1170. The molecule has 1 aromatic carbocycles. The Morgan fingerprint density at radius 1 is 0.870 bits per heavy atom. The van der Waals surface area contributed by atoms with Gasteiger partial charge in [-0.3, -0.25) is 4.89 Å². The average Bonchev–Trinajstić information content (AvgIpc) is 2.98. The molecule has 1 fully saturated rings. The van der Waals surface area contributed by atoms with Gasteiger partial charge in [0.2, 0.25) is 0 Å². The number of fused-ring (bicyclic) bond motifs is 1. The largest absolute Gasteiger partial charge is 0.529 e. The molecule has 5 N–H and O–H groups in total. The number of hydrogen-bond donors (Lipinski definition) is 5. The van der Waals surface area contributed by atoms with Crippen LogP contribution in [0.3, 0.4) is 0 Å². The third-order valence-electron chi connectivity index (χ3n) is 10.1. The van der Waals surface area contributed by atoms with Crippen LogP contribution in [0.2, 0.25) is 0 Å². The minimum atomic E-state index is -4.89. The molecule has 0 radical (unpaired) electrons. The van der Waals surface area contributed by atoms with Crippen molar-refractivity contribution in [3.8, 4) is 11.5 Å². The number of phosphoric ester groups is 1. The van der Waals surface area contributed by atoms with E-state index in [1.54, 1.807) is 6.92 Å². The lowest BCUT2D eigenvalue weighted by Crippen LogP contribution is -2.59. The van der Waals surface area contributed by atoms with E-state index in [-0.39, 0.29) is 11.4 Å². The van der Waals surface area contributed by atoms with Crippen LogP contribution in [0.4, 0.5) is 0 Å². The normalized spacial score (nSPS) is 29.1. The van der Waals surface area contributed by atoms with E-state index in [0.717, 1.165) is 54.4 Å². The fourth-order valence-corrected chi connectivity index (χ4v) is 7.80. The molecule has 1 aromatic rings. The van der Waals surface area contributed by atoms with Crippen molar-refractivity contribution in [3.05, 3.63) is 22.3 Å². The summed E-state index contributed by atoms with van der Waals surface area (Å²) in [4.78, 5) is 10.6. The molecule has 46 heavy (non-hydrogen) atoms. The first kappa shape index (κ1) is 39.2. The van der Waals surface area contributed by atoms with E-state index >= 15 is 0 Å². The summed E-state index contributed by atoms with van der Waals surface area (Å²) in [7, 11) is -4.89. The van der Waals surface area contributed by atoms with Gasteiger partial charge in [0.05, 0.1) is 6.61 Å². The number of hydrogen-bond acceptors (Lipinski definition) is 9. The van der Waals surface area contributed by atoms with Gasteiger partial charge in [0.1, 0.15) is 41.5 Å². The van der Waals surface area contributed by atoms with Gasteiger partial charge in [0.25, 0.3) is 0 Å². The van der Waals surface area contributed by atoms with E-state index in [2.05, 4.69) is 34.6 Å². The fourth-order valence-electron chi connectivity index (χ4n) is 6.82. The highest BCUT2D eigenvalue weighted by Crippen LogP contribution is 2.52. The van der Waals surface area contributed by atoms with Crippen molar-refractivity contribution in [2.75, 3.05) is 6.61 Å². The van der Waals surface area contributed by atoms with Crippen molar-refractivity contribution < 1.29 is 48.4 Å². The van der Waals surface area contributed by atoms with E-state index in [1.807, 2.05) is 13.8 Å². The molecule has 0 saturated carbocycles. The zero-order chi connectivity index (χ0) is 34.4. The second-order valence-corrected chi connectivity index (χ2v) is 16.1. The van der Waals surface area contributed by atoms with Crippen LogP contribution in [0.15, 0.2) is 0 Å². The Morgan fingerprint density at radius 3 is 2.04 bits per heavy atom. The highest BCUT2D eigenvalue weighted by atomic mass is 31.2. The monoisotopic (exact) mass is 672 g/mol. The summed E-state index contributed by atoms with van der Waals surface area (Å²) in [5.41, 5.74) is 2.71. The number of rotatable bonds is 17. The first-order valence-corrected chi connectivity index (χ1v) is 18.8. The van der Waals surface area contributed by atoms with Gasteiger partial charge in [-0.1, -0.05) is 72.6 Å². The van der Waals surface area contributed by atoms with Crippen LogP contribution in [0, 0.1) is 38.5 Å². The van der Waals surface area contributed by atoms with Gasteiger partial charge >= 0.3 is 7.82 Å². The molecule has 0 amide bonds. The zero-order valence-electron chi connectivity index (χ0n) is 29.3. The molecule has 2 aliphatic heterocycles. The standard InChI is InChI=1S/C35H61O10P/c1-21(2)12-9-13-22(3)14-10-15-23(4)16-11-18-35(8)19-17-27-26(7)32(24(5)25(6)33(27)43-35)44-46(40,41)45-34-31(39)30(38)29(37)28(20-36)42-34/h21-23,28-31,34,36-39H,9-20H2,1-8H3,(H,40,41)/t22?,23?,28-,29-,30+,31-,34?,35?/m1/s1. The van der Waals surface area contributed by atoms with Crippen LogP contribution >= 0.6 is 7.82 Å². The van der Waals surface area contributed by atoms with Crippen LogP contribution in [0.5, 0.6) is 11.5 Å². The van der Waals surface area contributed by atoms with Crippen LogP contribution in [0.25, 0.3) is 0 Å². The summed E-state index contributed by atoms with van der Waals surface area (Å²) in [6.07, 6.45) is 4.34. The van der Waals surface area contributed by atoms with E-state index in [9.17, 15) is 29.9 Å². The Kier molecular flexibility index (Phi) is 14.4. The first-order valence-electron chi connectivity index (χ1n) is 17.3. The number of aliphatic hydroxyl groups excluding tert-OH is 4. The molecular formula is C35H61O10P. The van der Waals surface area contributed by atoms with Gasteiger partial charge in [-0.2, -0.15) is 0 Å². The molecular weight excluding hydrogens is 611 g/mol. The maximum absolute atomic E-state index is 13.1. The Hall–Kier alpha value is -1.23. The molecule has 0 bridgehead atoms. The van der Waals surface area contributed by atoms with Gasteiger partial charge in [-0.25, -0.2) is 9.09 Å². The third kappa shape index (κ3) is 10.4. The van der Waals surface area contributed by atoms with Gasteiger partial charge in [-0.05, 0) is 87.8 Å². The third-order valence-corrected chi connectivity index (χ3v) is 11.0. The molecule has 266 valence electrons. The molecule has 1 saturated heterocycles. The van der Waals surface area contributed by atoms with E-state index < -0.39 is 45.1 Å². The van der Waals surface area contributed by atoms with E-state index in [4.69, 9.17) is 18.5 Å². The predicted molar refractivity (Wildman–Crippen MR) is 178 cm³/mol. The SMILES string of the molecule is Cc1c(C)c2c(c(C)c1OP(=O)(O)OC1O[C@H](CO)[C@@H](O)[C@H](O)[C@H]1O)CCC(C)(CCCC(C)CCCC(C)CCCC(C)C)O2. The second-order valence-electron chi connectivity index (χ2n) is 14.8. The first-order chi connectivity index (χ1) is 21.5. The maximum atomic E-state index is 13.1. The smallest absolute Gasteiger partial charge is 0.487 e. The van der Waals surface area contributed by atoms with Crippen molar-refractivity contribution in [3.63, 3.8) is 0 Å². The quantitative estimate of drug-likeness (QED) is 0.117. The summed E-state index contributed by atoms with van der Waals surface area (Å²) in [6, 6.07) is 0. The molecule has 5 unspecified atom stereocenters. The number of phosphoric acid groups is 1. The Morgan fingerprint density at radius 2 is 1.46 bits per heavy atom. The van der Waals surface area contributed by atoms with E-state index in [1.165, 1.54) is 44.9 Å². The predicted octanol–water partition coefficient (Wildman–Crippen LogP) is 6.43. The topological polar surface area (TPSA) is 155 Å². The molecule has 10 nitrogen and oxygen atoms in total. The summed E-state index contributed by atoms with van der Waals surface area (Å²) in [5, 5.41) is 39.7. The van der Waals surface area contributed by atoms with Crippen molar-refractivity contribution in [1.82, 2.24) is 0 Å². The summed E-state index contributed by atoms with van der Waals surface area (Å²) < 4.78 is 35.6. The molecule has 3 rings (SSSR count). The molecule has 11 heteroatoms. The van der Waals surface area contributed by atoms with Gasteiger partial charge < -0.3 is 34.4 Å². The Balaban J connectivity index is 1.57. The summed E-state index contributed by atoms with van der Waals surface area (Å²) >= 11 is 0. The average molecular weight is 673 g/mol. The van der Waals surface area contributed by atoms with Gasteiger partial charge in [0, 0.05) is 5.56 Å². The molecule has 2 heterocycles. The van der Waals surface area contributed by atoms with Crippen LogP contribution in [-0.4, -0.2) is 68.2 Å². The van der Waals surface area contributed by atoms with E-state index in [0.29, 0.717) is 17.0 Å². The highest BCUT2D eigenvalue weighted by molar-refractivity contribution is 7.47. The fraction of sp³-hybridized carbons (Fsp3) is 0.829. The van der Waals surface area contributed by atoms with Crippen LogP contribution < -0.4 is 9.26 Å².